The SMILES string of the molecule is Cn1cc(-c2cc(-c3ccc(N4CC[C@H](N)[C@@H](O)C4)nc3)c3cccnc3c2)cn1. The molecule has 1 aliphatic rings. The van der Waals surface area contributed by atoms with Crippen LogP contribution in [0.2, 0.25) is 0 Å². The summed E-state index contributed by atoms with van der Waals surface area (Å²) in [5.74, 6) is 0.857. The Labute approximate surface area is 174 Å². The number of aliphatic hydroxyl groups excluding tert-OH is 1. The number of nitrogens with zero attached hydrogens (tertiary/aromatic N) is 5. The summed E-state index contributed by atoms with van der Waals surface area (Å²) in [5, 5.41) is 15.5. The molecule has 3 aromatic heterocycles. The van der Waals surface area contributed by atoms with E-state index in [2.05, 4.69) is 44.2 Å². The molecule has 0 aliphatic carbocycles. The molecule has 7 heteroatoms. The van der Waals surface area contributed by atoms with Gasteiger partial charge in [-0.2, -0.15) is 5.10 Å². The number of anilines is 1. The van der Waals surface area contributed by atoms with Crippen LogP contribution in [0.25, 0.3) is 33.2 Å². The highest BCUT2D eigenvalue weighted by atomic mass is 16.3. The van der Waals surface area contributed by atoms with Crippen LogP contribution in [0, 0.1) is 0 Å². The number of aliphatic hydroxyl groups is 1. The zero-order valence-electron chi connectivity index (χ0n) is 16.8. The standard InChI is InChI=1S/C23H24N6O/c1-28-13-17(12-27-28)16-9-19(18-3-2-7-25-21(18)10-16)15-4-5-23(26-11-15)29-8-6-20(24)22(30)14-29/h2-5,7,9-13,20,22,30H,6,8,14,24H2,1H3/t20-,22-/m0/s1. The third-order valence-corrected chi connectivity index (χ3v) is 5.78. The van der Waals surface area contributed by atoms with Gasteiger partial charge >= 0.3 is 0 Å². The van der Waals surface area contributed by atoms with Crippen molar-refractivity contribution in [1.29, 1.82) is 0 Å². The van der Waals surface area contributed by atoms with E-state index in [0.29, 0.717) is 6.54 Å². The highest BCUT2D eigenvalue weighted by Gasteiger charge is 2.25. The maximum atomic E-state index is 10.1. The Morgan fingerprint density at radius 3 is 2.70 bits per heavy atom. The van der Waals surface area contributed by atoms with Crippen molar-refractivity contribution in [2.45, 2.75) is 18.6 Å². The molecule has 152 valence electrons. The van der Waals surface area contributed by atoms with Crippen LogP contribution in [-0.2, 0) is 7.05 Å². The van der Waals surface area contributed by atoms with Gasteiger partial charge in [-0.05, 0) is 47.9 Å². The van der Waals surface area contributed by atoms with E-state index in [1.54, 1.807) is 4.68 Å². The van der Waals surface area contributed by atoms with E-state index in [9.17, 15) is 5.11 Å². The van der Waals surface area contributed by atoms with Crippen molar-refractivity contribution in [3.05, 3.63) is 61.2 Å². The molecule has 4 heterocycles. The molecule has 0 bridgehead atoms. The highest BCUT2D eigenvalue weighted by Crippen LogP contribution is 2.33. The van der Waals surface area contributed by atoms with E-state index in [4.69, 9.17) is 5.73 Å². The van der Waals surface area contributed by atoms with Crippen molar-refractivity contribution in [2.24, 2.45) is 12.8 Å². The summed E-state index contributed by atoms with van der Waals surface area (Å²) in [4.78, 5) is 11.3. The first-order chi connectivity index (χ1) is 14.6. The minimum Gasteiger partial charge on any atom is -0.390 e. The molecule has 0 spiro atoms. The first kappa shape index (κ1) is 18.7. The van der Waals surface area contributed by atoms with Gasteiger partial charge < -0.3 is 15.7 Å². The Hall–Kier alpha value is -3.29. The smallest absolute Gasteiger partial charge is 0.128 e. The zero-order chi connectivity index (χ0) is 20.7. The minimum atomic E-state index is -0.522. The number of hydrogen-bond acceptors (Lipinski definition) is 6. The number of nitrogens with two attached hydrogens (primary N) is 1. The molecule has 5 rings (SSSR count). The second kappa shape index (κ2) is 7.51. The molecule has 30 heavy (non-hydrogen) atoms. The molecule has 1 saturated heterocycles. The molecule has 2 atom stereocenters. The van der Waals surface area contributed by atoms with Crippen molar-refractivity contribution < 1.29 is 5.11 Å². The van der Waals surface area contributed by atoms with Crippen molar-refractivity contribution in [1.82, 2.24) is 19.7 Å². The number of aromatic nitrogens is 4. The second-order valence-electron chi connectivity index (χ2n) is 7.87. The Kier molecular flexibility index (Phi) is 4.69. The molecule has 4 aromatic rings. The molecule has 7 nitrogen and oxygen atoms in total. The summed E-state index contributed by atoms with van der Waals surface area (Å²) in [6.45, 7) is 1.31. The number of pyridine rings is 2. The molecule has 1 aliphatic heterocycles. The molecule has 1 fully saturated rings. The fourth-order valence-electron chi connectivity index (χ4n) is 4.05. The lowest BCUT2D eigenvalue weighted by Crippen LogP contribution is -2.50. The van der Waals surface area contributed by atoms with E-state index < -0.39 is 6.10 Å². The Bertz CT molecular complexity index is 1190. The number of piperidine rings is 1. The summed E-state index contributed by atoms with van der Waals surface area (Å²) < 4.78 is 1.80. The fraction of sp³-hybridized carbons (Fsp3) is 0.261. The molecule has 3 N–H and O–H groups in total. The van der Waals surface area contributed by atoms with E-state index in [0.717, 1.165) is 51.9 Å². The van der Waals surface area contributed by atoms with Gasteiger partial charge in [0.05, 0.1) is 17.8 Å². The van der Waals surface area contributed by atoms with Crippen LogP contribution in [0.5, 0.6) is 0 Å². The largest absolute Gasteiger partial charge is 0.390 e. The lowest BCUT2D eigenvalue weighted by molar-refractivity contribution is 0.131. The van der Waals surface area contributed by atoms with Gasteiger partial charge in [0.25, 0.3) is 0 Å². The summed E-state index contributed by atoms with van der Waals surface area (Å²) in [6.07, 6.45) is 7.81. The van der Waals surface area contributed by atoms with Crippen LogP contribution >= 0.6 is 0 Å². The van der Waals surface area contributed by atoms with Crippen molar-refractivity contribution in [3.63, 3.8) is 0 Å². The van der Waals surface area contributed by atoms with Gasteiger partial charge in [-0.25, -0.2) is 4.98 Å². The van der Waals surface area contributed by atoms with Gasteiger partial charge in [-0.1, -0.05) is 6.07 Å². The van der Waals surface area contributed by atoms with Crippen LogP contribution in [0.3, 0.4) is 0 Å². The third-order valence-electron chi connectivity index (χ3n) is 5.78. The fourth-order valence-corrected chi connectivity index (χ4v) is 4.05. The Balaban J connectivity index is 1.54. The number of aryl methyl sites for hydroxylation is 1. The maximum Gasteiger partial charge on any atom is 0.128 e. The van der Waals surface area contributed by atoms with Crippen LogP contribution in [0.4, 0.5) is 5.82 Å². The molecule has 0 unspecified atom stereocenters. The van der Waals surface area contributed by atoms with Crippen molar-refractivity contribution >= 4 is 16.7 Å². The number of β-amino-alcohol motifs (C(OH)–C–C–N with tert-alkyl or cyclic N) is 1. The van der Waals surface area contributed by atoms with Gasteiger partial charge in [0.15, 0.2) is 0 Å². The number of rotatable bonds is 3. The predicted octanol–water partition coefficient (Wildman–Crippen LogP) is 2.60. The average molecular weight is 400 g/mol. The lowest BCUT2D eigenvalue weighted by atomic mass is 9.97. The highest BCUT2D eigenvalue weighted by molar-refractivity contribution is 5.98. The monoisotopic (exact) mass is 400 g/mol. The van der Waals surface area contributed by atoms with Gasteiger partial charge in [0.2, 0.25) is 0 Å². The maximum absolute atomic E-state index is 10.1. The predicted molar refractivity (Wildman–Crippen MR) is 118 cm³/mol. The first-order valence-electron chi connectivity index (χ1n) is 10.1. The van der Waals surface area contributed by atoms with Gasteiger partial charge in [-0.3, -0.25) is 9.67 Å². The van der Waals surface area contributed by atoms with Crippen molar-refractivity contribution in [3.8, 4) is 22.3 Å². The topological polar surface area (TPSA) is 93.1 Å². The number of benzene rings is 1. The zero-order valence-corrected chi connectivity index (χ0v) is 16.8. The quantitative estimate of drug-likeness (QED) is 0.549. The summed E-state index contributed by atoms with van der Waals surface area (Å²) in [5.41, 5.74) is 11.1. The van der Waals surface area contributed by atoms with Crippen LogP contribution in [-0.4, -0.2) is 50.1 Å². The summed E-state index contributed by atoms with van der Waals surface area (Å²) in [6, 6.07) is 12.2. The second-order valence-corrected chi connectivity index (χ2v) is 7.87. The van der Waals surface area contributed by atoms with Crippen LogP contribution < -0.4 is 10.6 Å². The molecule has 0 radical (unpaired) electrons. The first-order valence-corrected chi connectivity index (χ1v) is 10.1. The Morgan fingerprint density at radius 2 is 1.97 bits per heavy atom. The van der Waals surface area contributed by atoms with Gasteiger partial charge in [0.1, 0.15) is 5.82 Å². The molecule has 0 amide bonds. The van der Waals surface area contributed by atoms with E-state index in [1.807, 2.05) is 44.0 Å². The number of fused-ring (bicyclic) bond motifs is 1. The summed E-state index contributed by atoms with van der Waals surface area (Å²) in [7, 11) is 1.91. The average Bonchev–Trinajstić information content (AvgIpc) is 3.21. The molecular formula is C23H24N6O. The van der Waals surface area contributed by atoms with E-state index in [-0.39, 0.29) is 6.04 Å². The molecular weight excluding hydrogens is 376 g/mol. The Morgan fingerprint density at radius 1 is 1.07 bits per heavy atom. The third kappa shape index (κ3) is 3.42. The minimum absolute atomic E-state index is 0.158. The van der Waals surface area contributed by atoms with Crippen LogP contribution in [0.15, 0.2) is 61.2 Å². The van der Waals surface area contributed by atoms with Crippen LogP contribution in [0.1, 0.15) is 6.42 Å². The molecule has 1 aromatic carbocycles. The van der Waals surface area contributed by atoms with E-state index in [1.165, 1.54) is 0 Å². The summed E-state index contributed by atoms with van der Waals surface area (Å²) >= 11 is 0. The van der Waals surface area contributed by atoms with Gasteiger partial charge in [-0.15, -0.1) is 0 Å². The van der Waals surface area contributed by atoms with E-state index >= 15 is 0 Å². The lowest BCUT2D eigenvalue weighted by Gasteiger charge is -2.34. The normalized spacial score (nSPS) is 19.4. The molecule has 0 saturated carbocycles. The number of hydrogen-bond donors (Lipinski definition) is 2. The van der Waals surface area contributed by atoms with Gasteiger partial charge in [0, 0.05) is 61.3 Å². The van der Waals surface area contributed by atoms with Crippen molar-refractivity contribution in [2.75, 3.05) is 18.0 Å².